The minimum absolute atomic E-state index is 0.000428. The van der Waals surface area contributed by atoms with Gasteiger partial charge in [0.1, 0.15) is 0 Å². The van der Waals surface area contributed by atoms with Crippen molar-refractivity contribution in [2.24, 2.45) is 0 Å². The normalized spacial score (nSPS) is 14.3. The molecular weight excluding hydrogens is 699 g/mol. The van der Waals surface area contributed by atoms with Gasteiger partial charge in [-0.1, -0.05) is 176 Å². The Labute approximate surface area is 350 Å². The largest absolute Gasteiger partial charge is 0.311 e. The molecule has 0 N–H and O–H groups in total. The highest BCUT2D eigenvalue weighted by Crippen LogP contribution is 2.48. The first-order chi connectivity index (χ1) is 27.0. The predicted octanol–water partition coefficient (Wildman–Crippen LogP) is 13.3. The smallest absolute Gasteiger partial charge is 0.252 e. The average molecular weight is 763 g/mol. The number of benzene rings is 6. The average Bonchev–Trinajstić information content (AvgIpc) is 3.16. The van der Waals surface area contributed by atoms with Crippen LogP contribution in [0.4, 0.5) is 34.1 Å². The highest BCUT2D eigenvalue weighted by molar-refractivity contribution is 7.00. The van der Waals surface area contributed by atoms with Crippen molar-refractivity contribution in [3.8, 4) is 0 Å². The Kier molecular flexibility index (Phi) is 9.27. The molecule has 0 spiro atoms. The van der Waals surface area contributed by atoms with Crippen LogP contribution in [0, 0.1) is 0 Å². The molecule has 296 valence electrons. The number of rotatable bonds is 4. The molecule has 2 aliphatic heterocycles. The fourth-order valence-electron chi connectivity index (χ4n) is 9.08. The van der Waals surface area contributed by atoms with Crippen LogP contribution in [0.25, 0.3) is 0 Å². The van der Waals surface area contributed by atoms with E-state index in [0.29, 0.717) is 0 Å². The fourth-order valence-corrected chi connectivity index (χ4v) is 9.08. The second-order valence-corrected chi connectivity index (χ2v) is 21.7. The van der Waals surface area contributed by atoms with Gasteiger partial charge in [0.15, 0.2) is 0 Å². The Morgan fingerprint density at radius 2 is 0.690 bits per heavy atom. The van der Waals surface area contributed by atoms with Crippen molar-refractivity contribution in [2.75, 3.05) is 9.80 Å². The van der Waals surface area contributed by atoms with Crippen LogP contribution >= 0.6 is 0 Å². The molecule has 0 radical (unpaired) electrons. The minimum atomic E-state index is -0.277. The Hall–Kier alpha value is -5.02. The maximum absolute atomic E-state index is 2.61. The lowest BCUT2D eigenvalue weighted by Crippen LogP contribution is -2.61. The molecule has 0 atom stereocenters. The van der Waals surface area contributed by atoms with Gasteiger partial charge < -0.3 is 9.80 Å². The molecular formula is C55H63BN2. The molecule has 0 aliphatic carbocycles. The molecule has 2 aliphatic rings. The SMILES string of the molecule is CC(C)(C)c1cccc(N2c3cc(C(C)(C)C)ccc3B3c4ccc(C(C)(C)C)cc4N(c4cccc(C(C)(C)C)c4)c4cc(C(C)(C)c5ccccc5)cc2c43)c1. The van der Waals surface area contributed by atoms with E-state index in [1.165, 1.54) is 83.9 Å². The van der Waals surface area contributed by atoms with Crippen LogP contribution in [-0.2, 0) is 27.1 Å². The van der Waals surface area contributed by atoms with Crippen molar-refractivity contribution in [1.29, 1.82) is 0 Å². The van der Waals surface area contributed by atoms with E-state index in [4.69, 9.17) is 0 Å². The highest BCUT2D eigenvalue weighted by atomic mass is 15.2. The van der Waals surface area contributed by atoms with E-state index in [1.807, 2.05) is 0 Å². The molecule has 0 aromatic heterocycles. The number of hydrogen-bond acceptors (Lipinski definition) is 2. The third kappa shape index (κ3) is 6.79. The first-order valence-corrected chi connectivity index (χ1v) is 21.4. The molecule has 6 aromatic rings. The third-order valence-corrected chi connectivity index (χ3v) is 13.0. The summed E-state index contributed by atoms with van der Waals surface area (Å²) in [6, 6.07) is 49.4. The number of fused-ring (bicyclic) bond motifs is 4. The molecule has 2 heterocycles. The Morgan fingerprint density at radius 3 is 1.09 bits per heavy atom. The summed E-state index contributed by atoms with van der Waals surface area (Å²) in [5, 5.41) is 0. The minimum Gasteiger partial charge on any atom is -0.311 e. The zero-order valence-electron chi connectivity index (χ0n) is 37.6. The van der Waals surface area contributed by atoms with Gasteiger partial charge in [-0.2, -0.15) is 0 Å². The molecule has 0 amide bonds. The summed E-state index contributed by atoms with van der Waals surface area (Å²) >= 11 is 0. The summed E-state index contributed by atoms with van der Waals surface area (Å²) in [5.74, 6) is 0. The number of hydrogen-bond donors (Lipinski definition) is 0. The zero-order valence-corrected chi connectivity index (χ0v) is 37.6. The maximum atomic E-state index is 2.61. The Morgan fingerprint density at radius 1 is 0.328 bits per heavy atom. The molecule has 0 fully saturated rings. The summed E-state index contributed by atoms with van der Waals surface area (Å²) in [4.78, 5) is 5.22. The monoisotopic (exact) mass is 763 g/mol. The molecule has 8 rings (SSSR count). The molecule has 0 saturated heterocycles. The van der Waals surface area contributed by atoms with Gasteiger partial charge in [-0.15, -0.1) is 0 Å². The van der Waals surface area contributed by atoms with Crippen molar-refractivity contribution < 1.29 is 0 Å². The molecule has 0 bridgehead atoms. The lowest BCUT2D eigenvalue weighted by Gasteiger charge is -2.46. The standard InChI is InChI=1S/C55H63BN2/c1-51(2,3)37-22-18-24-42(30-37)57-46-32-39(53(7,8)9)26-28-44(46)56-45-29-27-40(54(10,11)12)33-47(45)58(43-25-19-23-38(31-43)52(4,5)6)49-35-41(34-48(57)50(49)56)55(13,14)36-20-16-15-17-21-36/h15-35H,1-14H3. The fraction of sp³-hybridized carbons (Fsp3) is 0.345. The van der Waals surface area contributed by atoms with Gasteiger partial charge in [-0.3, -0.25) is 0 Å². The highest BCUT2D eigenvalue weighted by Gasteiger charge is 2.45. The lowest BCUT2D eigenvalue weighted by atomic mass is 9.33. The van der Waals surface area contributed by atoms with Crippen molar-refractivity contribution in [1.82, 2.24) is 0 Å². The second kappa shape index (κ2) is 13.5. The summed E-state index contributed by atoms with van der Waals surface area (Å²) in [6.45, 7) is 32.8. The van der Waals surface area contributed by atoms with Crippen LogP contribution in [0.1, 0.15) is 130 Å². The van der Waals surface area contributed by atoms with Gasteiger partial charge in [-0.05, 0) is 120 Å². The summed E-state index contributed by atoms with van der Waals surface area (Å²) in [6.07, 6.45) is 0. The summed E-state index contributed by atoms with van der Waals surface area (Å²) < 4.78 is 0. The van der Waals surface area contributed by atoms with E-state index >= 15 is 0 Å². The van der Waals surface area contributed by atoms with Gasteiger partial charge in [-0.25, -0.2) is 0 Å². The first-order valence-electron chi connectivity index (χ1n) is 21.4. The molecule has 58 heavy (non-hydrogen) atoms. The topological polar surface area (TPSA) is 6.48 Å². The predicted molar refractivity (Wildman–Crippen MR) is 254 cm³/mol. The van der Waals surface area contributed by atoms with Gasteiger partial charge in [0, 0.05) is 39.5 Å². The third-order valence-electron chi connectivity index (χ3n) is 13.0. The quantitative estimate of drug-likeness (QED) is 0.165. The van der Waals surface area contributed by atoms with Crippen molar-refractivity contribution >= 4 is 57.2 Å². The molecule has 0 saturated carbocycles. The van der Waals surface area contributed by atoms with Gasteiger partial charge >= 0.3 is 0 Å². The number of anilines is 6. The molecule has 2 nitrogen and oxygen atoms in total. The Bertz CT molecular complexity index is 2380. The molecule has 6 aromatic carbocycles. The first kappa shape index (κ1) is 39.8. The molecule has 0 unspecified atom stereocenters. The van der Waals surface area contributed by atoms with Crippen LogP contribution in [-0.4, -0.2) is 6.71 Å². The van der Waals surface area contributed by atoms with Crippen LogP contribution < -0.4 is 26.2 Å². The van der Waals surface area contributed by atoms with Crippen LogP contribution in [0.2, 0.25) is 0 Å². The second-order valence-electron chi connectivity index (χ2n) is 21.7. The van der Waals surface area contributed by atoms with E-state index in [9.17, 15) is 0 Å². The van der Waals surface area contributed by atoms with E-state index in [0.717, 1.165) is 0 Å². The van der Waals surface area contributed by atoms with Crippen LogP contribution in [0.3, 0.4) is 0 Å². The summed E-state index contributed by atoms with van der Waals surface area (Å²) in [7, 11) is 0. The van der Waals surface area contributed by atoms with Crippen molar-refractivity contribution in [3.05, 3.63) is 161 Å². The van der Waals surface area contributed by atoms with E-state index in [1.54, 1.807) is 0 Å². The van der Waals surface area contributed by atoms with E-state index < -0.39 is 0 Å². The maximum Gasteiger partial charge on any atom is 0.252 e. The van der Waals surface area contributed by atoms with Gasteiger partial charge in [0.25, 0.3) is 6.71 Å². The summed E-state index contributed by atoms with van der Waals surface area (Å²) in [5.41, 5.74) is 19.2. The van der Waals surface area contributed by atoms with Crippen LogP contribution in [0.15, 0.2) is 127 Å². The van der Waals surface area contributed by atoms with Gasteiger partial charge in [0.05, 0.1) is 0 Å². The molecule has 3 heteroatoms. The van der Waals surface area contributed by atoms with E-state index in [-0.39, 0.29) is 33.8 Å². The van der Waals surface area contributed by atoms with Crippen molar-refractivity contribution in [3.63, 3.8) is 0 Å². The number of nitrogens with zero attached hydrogens (tertiary/aromatic N) is 2. The Balaban J connectivity index is 1.54. The van der Waals surface area contributed by atoms with Crippen molar-refractivity contribution in [2.45, 2.75) is 124 Å². The van der Waals surface area contributed by atoms with Crippen LogP contribution in [0.5, 0.6) is 0 Å². The van der Waals surface area contributed by atoms with Gasteiger partial charge in [0.2, 0.25) is 0 Å². The van der Waals surface area contributed by atoms with E-state index in [2.05, 4.69) is 234 Å². The zero-order chi connectivity index (χ0) is 41.7. The lowest BCUT2D eigenvalue weighted by molar-refractivity contribution is 0.589.